The number of hydrogen-bond donors (Lipinski definition) is 1. The molecule has 2 atom stereocenters. The van der Waals surface area contributed by atoms with E-state index in [0.717, 1.165) is 6.42 Å². The van der Waals surface area contributed by atoms with E-state index in [-0.39, 0.29) is 11.8 Å². The molecule has 1 fully saturated rings. The average molecular weight is 159 g/mol. The normalized spacial score (nSPS) is 30.2. The van der Waals surface area contributed by atoms with Gasteiger partial charge in [-0.05, 0) is 17.5 Å². The summed E-state index contributed by atoms with van der Waals surface area (Å²) in [5.41, 5.74) is 2.56. The molecule has 60 valence electrons. The molecule has 0 saturated carbocycles. The molecule has 0 spiro atoms. The zero-order valence-corrected chi connectivity index (χ0v) is 6.58. The van der Waals surface area contributed by atoms with Crippen molar-refractivity contribution < 1.29 is 4.79 Å². The van der Waals surface area contributed by atoms with Crippen molar-refractivity contribution in [1.29, 1.82) is 0 Å². The number of carbonyl (C=O) groups is 1. The Morgan fingerprint density at radius 2 is 2.00 bits per heavy atom. The van der Waals surface area contributed by atoms with Crippen molar-refractivity contribution in [2.75, 3.05) is 0 Å². The van der Waals surface area contributed by atoms with E-state index in [2.05, 4.69) is 17.4 Å². The van der Waals surface area contributed by atoms with Gasteiger partial charge in [-0.2, -0.15) is 0 Å². The lowest BCUT2D eigenvalue weighted by molar-refractivity contribution is -0.120. The van der Waals surface area contributed by atoms with E-state index in [1.165, 1.54) is 11.1 Å². The first-order chi connectivity index (χ1) is 5.86. The molecule has 1 saturated heterocycles. The lowest BCUT2D eigenvalue weighted by Crippen LogP contribution is -2.25. The molecular weight excluding hydrogens is 150 g/mol. The van der Waals surface area contributed by atoms with Crippen LogP contribution in [0.4, 0.5) is 0 Å². The molecule has 0 aromatic heterocycles. The van der Waals surface area contributed by atoms with Crippen LogP contribution < -0.4 is 5.32 Å². The minimum absolute atomic E-state index is 0.145. The highest BCUT2D eigenvalue weighted by atomic mass is 16.2. The predicted molar refractivity (Wildman–Crippen MR) is 44.7 cm³/mol. The first-order valence-electron chi connectivity index (χ1n) is 4.25. The Morgan fingerprint density at radius 1 is 1.25 bits per heavy atom. The number of carbonyl (C=O) groups excluding carboxylic acids is 1. The van der Waals surface area contributed by atoms with E-state index in [9.17, 15) is 4.79 Å². The molecule has 2 bridgehead atoms. The molecule has 12 heavy (non-hydrogen) atoms. The van der Waals surface area contributed by atoms with Gasteiger partial charge < -0.3 is 5.32 Å². The topological polar surface area (TPSA) is 29.1 Å². The Hall–Kier alpha value is -1.31. The molecule has 1 N–H and O–H groups in total. The van der Waals surface area contributed by atoms with Gasteiger partial charge in [0.05, 0.1) is 12.0 Å². The summed E-state index contributed by atoms with van der Waals surface area (Å²) >= 11 is 0. The van der Waals surface area contributed by atoms with Gasteiger partial charge in [0, 0.05) is 0 Å². The SMILES string of the molecule is O=C1N[C@H]2C[C@H]1c1ccccc12. The minimum Gasteiger partial charge on any atom is -0.349 e. The van der Waals surface area contributed by atoms with E-state index >= 15 is 0 Å². The van der Waals surface area contributed by atoms with Crippen molar-refractivity contribution in [3.05, 3.63) is 35.4 Å². The highest BCUT2D eigenvalue weighted by Crippen LogP contribution is 2.44. The number of rotatable bonds is 0. The number of nitrogens with one attached hydrogen (secondary N) is 1. The van der Waals surface area contributed by atoms with Gasteiger partial charge in [0.1, 0.15) is 0 Å². The van der Waals surface area contributed by atoms with Crippen molar-refractivity contribution >= 4 is 5.91 Å². The van der Waals surface area contributed by atoms with Crippen LogP contribution in [0, 0.1) is 0 Å². The molecule has 2 aliphatic rings. The van der Waals surface area contributed by atoms with Gasteiger partial charge >= 0.3 is 0 Å². The van der Waals surface area contributed by atoms with Crippen molar-refractivity contribution in [3.63, 3.8) is 0 Å². The van der Waals surface area contributed by atoms with E-state index in [1.54, 1.807) is 0 Å². The van der Waals surface area contributed by atoms with Gasteiger partial charge in [-0.1, -0.05) is 24.3 Å². The molecule has 1 aromatic carbocycles. The summed E-state index contributed by atoms with van der Waals surface area (Å²) < 4.78 is 0. The molecule has 1 aliphatic heterocycles. The molecule has 3 rings (SSSR count). The second kappa shape index (κ2) is 1.89. The minimum atomic E-state index is 0.145. The molecule has 1 amide bonds. The Morgan fingerprint density at radius 3 is 2.83 bits per heavy atom. The fourth-order valence-electron chi connectivity index (χ4n) is 2.29. The second-order valence-electron chi connectivity index (χ2n) is 3.48. The van der Waals surface area contributed by atoms with Gasteiger partial charge in [-0.3, -0.25) is 4.79 Å². The second-order valence-corrected chi connectivity index (χ2v) is 3.48. The maximum atomic E-state index is 11.3. The summed E-state index contributed by atoms with van der Waals surface area (Å²) in [4.78, 5) is 11.3. The van der Waals surface area contributed by atoms with Gasteiger partial charge in [0.25, 0.3) is 0 Å². The molecular formula is C10H9NO. The number of amides is 1. The van der Waals surface area contributed by atoms with Crippen LogP contribution in [0.5, 0.6) is 0 Å². The maximum Gasteiger partial charge on any atom is 0.228 e. The van der Waals surface area contributed by atoms with Crippen LogP contribution in [0.3, 0.4) is 0 Å². The quantitative estimate of drug-likeness (QED) is 0.608. The van der Waals surface area contributed by atoms with Gasteiger partial charge in [-0.15, -0.1) is 0 Å². The molecule has 1 heterocycles. The molecule has 2 heteroatoms. The van der Waals surface area contributed by atoms with Crippen molar-refractivity contribution in [1.82, 2.24) is 5.32 Å². The van der Waals surface area contributed by atoms with Crippen molar-refractivity contribution in [2.45, 2.75) is 18.4 Å². The fraction of sp³-hybridized carbons (Fsp3) is 0.300. The van der Waals surface area contributed by atoms with E-state index in [4.69, 9.17) is 0 Å². The molecule has 1 aliphatic carbocycles. The average Bonchev–Trinajstić information content (AvgIpc) is 2.62. The Labute approximate surface area is 70.6 Å². The summed E-state index contributed by atoms with van der Waals surface area (Å²) in [6, 6.07) is 8.52. The molecule has 2 nitrogen and oxygen atoms in total. The van der Waals surface area contributed by atoms with Crippen LogP contribution in [0.15, 0.2) is 24.3 Å². The van der Waals surface area contributed by atoms with Gasteiger partial charge in [0.2, 0.25) is 5.91 Å². The lowest BCUT2D eigenvalue weighted by Gasteiger charge is -2.14. The summed E-state index contributed by atoms with van der Waals surface area (Å²) in [6.07, 6.45) is 0.970. The summed E-state index contributed by atoms with van der Waals surface area (Å²) in [7, 11) is 0. The third-order valence-corrected chi connectivity index (χ3v) is 2.85. The molecule has 0 radical (unpaired) electrons. The molecule has 0 unspecified atom stereocenters. The highest BCUT2D eigenvalue weighted by molar-refractivity contribution is 5.89. The van der Waals surface area contributed by atoms with Gasteiger partial charge in [0.15, 0.2) is 0 Å². The van der Waals surface area contributed by atoms with Crippen LogP contribution in [-0.2, 0) is 4.79 Å². The maximum absolute atomic E-state index is 11.3. The van der Waals surface area contributed by atoms with Gasteiger partial charge in [-0.25, -0.2) is 0 Å². The zero-order valence-electron chi connectivity index (χ0n) is 6.58. The van der Waals surface area contributed by atoms with Crippen molar-refractivity contribution in [3.8, 4) is 0 Å². The predicted octanol–water partition coefficient (Wildman–Crippen LogP) is 1.34. The third-order valence-electron chi connectivity index (χ3n) is 2.85. The monoisotopic (exact) mass is 159 g/mol. The fourth-order valence-corrected chi connectivity index (χ4v) is 2.29. The first kappa shape index (κ1) is 6.23. The number of benzene rings is 1. The van der Waals surface area contributed by atoms with E-state index in [0.29, 0.717) is 6.04 Å². The summed E-state index contributed by atoms with van der Waals surface area (Å²) in [5, 5.41) is 2.97. The molecule has 1 aromatic rings. The summed E-state index contributed by atoms with van der Waals surface area (Å²) in [5.74, 6) is 0.352. The number of hydrogen-bond acceptors (Lipinski definition) is 1. The Balaban J connectivity index is 2.23. The van der Waals surface area contributed by atoms with E-state index in [1.807, 2.05) is 12.1 Å². The standard InChI is InChI=1S/C10H9NO/c12-10-8-5-9(11-10)7-4-2-1-3-6(7)8/h1-4,8-9H,5H2,(H,11,12)/t8-,9-/m0/s1. The summed E-state index contributed by atoms with van der Waals surface area (Å²) in [6.45, 7) is 0. The largest absolute Gasteiger partial charge is 0.349 e. The smallest absolute Gasteiger partial charge is 0.228 e. The third kappa shape index (κ3) is 0.583. The van der Waals surface area contributed by atoms with Crippen molar-refractivity contribution in [2.24, 2.45) is 0 Å². The zero-order chi connectivity index (χ0) is 8.13. The van der Waals surface area contributed by atoms with Crippen LogP contribution >= 0.6 is 0 Å². The Bertz CT molecular complexity index is 359. The lowest BCUT2D eigenvalue weighted by atomic mass is 10.00. The highest BCUT2D eigenvalue weighted by Gasteiger charge is 2.42. The number of fused-ring (bicyclic) bond motifs is 5. The van der Waals surface area contributed by atoms with Crippen LogP contribution in [0.25, 0.3) is 0 Å². The van der Waals surface area contributed by atoms with Crippen LogP contribution in [-0.4, -0.2) is 5.91 Å². The first-order valence-corrected chi connectivity index (χ1v) is 4.25. The Kier molecular flexibility index (Phi) is 0.980. The van der Waals surface area contributed by atoms with E-state index < -0.39 is 0 Å². The van der Waals surface area contributed by atoms with Crippen LogP contribution in [0.2, 0.25) is 0 Å². The van der Waals surface area contributed by atoms with Crippen LogP contribution in [0.1, 0.15) is 29.5 Å².